The molecule has 0 amide bonds. The zero-order valence-corrected chi connectivity index (χ0v) is 9.72. The van der Waals surface area contributed by atoms with E-state index in [1.807, 2.05) is 0 Å². The molecular formula is C12H6F3N3O2. The Morgan fingerprint density at radius 3 is 2.60 bits per heavy atom. The van der Waals surface area contributed by atoms with Crippen molar-refractivity contribution < 1.29 is 23.1 Å². The lowest BCUT2D eigenvalue weighted by atomic mass is 10.2. The monoisotopic (exact) mass is 281 g/mol. The SMILES string of the molecule is N#Cc1ccncc1-n1cc(C(=O)O)c(C(F)(F)F)c1. The summed E-state index contributed by atoms with van der Waals surface area (Å²) in [7, 11) is 0. The van der Waals surface area contributed by atoms with Gasteiger partial charge in [0.15, 0.2) is 0 Å². The Morgan fingerprint density at radius 1 is 1.40 bits per heavy atom. The Kier molecular flexibility index (Phi) is 3.19. The molecule has 20 heavy (non-hydrogen) atoms. The second kappa shape index (κ2) is 4.70. The standard InChI is InChI=1S/C12H6F3N3O2/c13-12(14,15)9-6-18(5-8(9)11(19)20)10-4-17-2-1-7(10)3-16/h1-2,4-6H,(H,19,20). The molecule has 102 valence electrons. The van der Waals surface area contributed by atoms with Crippen LogP contribution in [0.5, 0.6) is 0 Å². The van der Waals surface area contributed by atoms with E-state index in [9.17, 15) is 18.0 Å². The molecule has 2 rings (SSSR count). The first-order chi connectivity index (χ1) is 9.34. The lowest BCUT2D eigenvalue weighted by Crippen LogP contribution is -2.09. The van der Waals surface area contributed by atoms with Gasteiger partial charge in [-0.15, -0.1) is 0 Å². The van der Waals surface area contributed by atoms with Crippen LogP contribution in [0.4, 0.5) is 13.2 Å². The summed E-state index contributed by atoms with van der Waals surface area (Å²) in [4.78, 5) is 14.6. The fourth-order valence-electron chi connectivity index (χ4n) is 1.68. The van der Waals surface area contributed by atoms with Crippen LogP contribution in [-0.2, 0) is 6.18 Å². The summed E-state index contributed by atoms with van der Waals surface area (Å²) >= 11 is 0. The molecular weight excluding hydrogens is 275 g/mol. The van der Waals surface area contributed by atoms with E-state index >= 15 is 0 Å². The predicted molar refractivity (Wildman–Crippen MR) is 60.2 cm³/mol. The van der Waals surface area contributed by atoms with Gasteiger partial charge in [0.25, 0.3) is 0 Å². The van der Waals surface area contributed by atoms with Crippen LogP contribution in [-0.4, -0.2) is 20.6 Å². The second-order valence-electron chi connectivity index (χ2n) is 3.80. The molecule has 2 aromatic rings. The van der Waals surface area contributed by atoms with Crippen LogP contribution in [0.25, 0.3) is 5.69 Å². The van der Waals surface area contributed by atoms with Gasteiger partial charge in [0, 0.05) is 18.6 Å². The van der Waals surface area contributed by atoms with Crippen LogP contribution >= 0.6 is 0 Å². The Bertz CT molecular complexity index is 713. The van der Waals surface area contributed by atoms with Gasteiger partial charge in [-0.05, 0) is 6.07 Å². The van der Waals surface area contributed by atoms with Crippen LogP contribution in [0.3, 0.4) is 0 Å². The Balaban J connectivity index is 2.66. The number of alkyl halides is 3. The first kappa shape index (κ1) is 13.6. The molecule has 2 heterocycles. The summed E-state index contributed by atoms with van der Waals surface area (Å²) in [5.74, 6) is -1.70. The number of pyridine rings is 1. The van der Waals surface area contributed by atoms with Crippen molar-refractivity contribution >= 4 is 5.97 Å². The zero-order valence-electron chi connectivity index (χ0n) is 9.72. The Hall–Kier alpha value is -2.82. The topological polar surface area (TPSA) is 78.9 Å². The zero-order chi connectivity index (χ0) is 14.9. The van der Waals surface area contributed by atoms with Crippen molar-refractivity contribution in [3.63, 3.8) is 0 Å². The maximum atomic E-state index is 12.8. The van der Waals surface area contributed by atoms with Crippen molar-refractivity contribution in [1.29, 1.82) is 5.26 Å². The maximum absolute atomic E-state index is 12.8. The molecule has 0 atom stereocenters. The first-order valence-corrected chi connectivity index (χ1v) is 5.21. The average Bonchev–Trinajstić information content (AvgIpc) is 2.83. The molecule has 0 aliphatic heterocycles. The van der Waals surface area contributed by atoms with Gasteiger partial charge < -0.3 is 9.67 Å². The van der Waals surface area contributed by atoms with Crippen LogP contribution in [0.2, 0.25) is 0 Å². The number of nitriles is 1. The van der Waals surface area contributed by atoms with Crippen molar-refractivity contribution in [2.45, 2.75) is 6.18 Å². The number of hydrogen-bond donors (Lipinski definition) is 1. The largest absolute Gasteiger partial charge is 0.478 e. The molecule has 0 radical (unpaired) electrons. The molecule has 0 aliphatic carbocycles. The Morgan fingerprint density at radius 2 is 2.10 bits per heavy atom. The smallest absolute Gasteiger partial charge is 0.418 e. The summed E-state index contributed by atoms with van der Waals surface area (Å²) < 4.78 is 39.2. The molecule has 2 aromatic heterocycles. The van der Waals surface area contributed by atoms with E-state index in [0.29, 0.717) is 6.20 Å². The molecule has 0 bridgehead atoms. The van der Waals surface area contributed by atoms with E-state index in [1.165, 1.54) is 18.5 Å². The maximum Gasteiger partial charge on any atom is 0.418 e. The summed E-state index contributed by atoms with van der Waals surface area (Å²) in [6, 6.07) is 3.12. The van der Waals surface area contributed by atoms with Gasteiger partial charge in [0.1, 0.15) is 6.07 Å². The lowest BCUT2D eigenvalue weighted by Gasteiger charge is -2.05. The van der Waals surface area contributed by atoms with Gasteiger partial charge in [0.2, 0.25) is 0 Å². The van der Waals surface area contributed by atoms with Crippen LogP contribution in [0.1, 0.15) is 21.5 Å². The molecule has 8 heteroatoms. The van der Waals surface area contributed by atoms with Gasteiger partial charge in [0.05, 0.1) is 28.6 Å². The number of carboxylic acid groups (broad SMARTS) is 1. The second-order valence-corrected chi connectivity index (χ2v) is 3.80. The number of carboxylic acids is 1. The van der Waals surface area contributed by atoms with E-state index in [2.05, 4.69) is 4.98 Å². The molecule has 0 spiro atoms. The third-order valence-electron chi connectivity index (χ3n) is 2.56. The number of carbonyl (C=O) groups is 1. The molecule has 0 aromatic carbocycles. The van der Waals surface area contributed by atoms with E-state index in [-0.39, 0.29) is 11.3 Å². The third kappa shape index (κ3) is 2.33. The molecule has 1 N–H and O–H groups in total. The summed E-state index contributed by atoms with van der Waals surface area (Å²) in [5.41, 5.74) is -2.00. The van der Waals surface area contributed by atoms with E-state index in [0.717, 1.165) is 10.8 Å². The number of aromatic nitrogens is 2. The number of aromatic carboxylic acids is 1. The van der Waals surface area contributed by atoms with Crippen molar-refractivity contribution in [2.75, 3.05) is 0 Å². The number of halogens is 3. The first-order valence-electron chi connectivity index (χ1n) is 5.21. The van der Waals surface area contributed by atoms with E-state index in [1.54, 1.807) is 6.07 Å². The highest BCUT2D eigenvalue weighted by Crippen LogP contribution is 2.33. The van der Waals surface area contributed by atoms with Gasteiger partial charge in [-0.2, -0.15) is 18.4 Å². The number of hydrogen-bond acceptors (Lipinski definition) is 3. The summed E-state index contributed by atoms with van der Waals surface area (Å²) in [6.07, 6.45) is -0.864. The highest BCUT2D eigenvalue weighted by Gasteiger charge is 2.37. The van der Waals surface area contributed by atoms with Gasteiger partial charge in [-0.3, -0.25) is 4.98 Å². The van der Waals surface area contributed by atoms with Crippen molar-refractivity contribution in [3.05, 3.63) is 47.5 Å². The molecule has 0 saturated heterocycles. The molecule has 0 aliphatic rings. The normalized spacial score (nSPS) is 11.1. The highest BCUT2D eigenvalue weighted by atomic mass is 19.4. The summed E-state index contributed by atoms with van der Waals surface area (Å²) in [5, 5.41) is 17.7. The predicted octanol–water partition coefficient (Wildman–Crippen LogP) is 2.46. The summed E-state index contributed by atoms with van der Waals surface area (Å²) in [6.45, 7) is 0. The van der Waals surface area contributed by atoms with Crippen molar-refractivity contribution in [1.82, 2.24) is 9.55 Å². The van der Waals surface area contributed by atoms with Crippen LogP contribution in [0, 0.1) is 11.3 Å². The van der Waals surface area contributed by atoms with Gasteiger partial charge in [-0.25, -0.2) is 4.79 Å². The average molecular weight is 281 g/mol. The number of nitrogens with zero attached hydrogens (tertiary/aromatic N) is 3. The minimum atomic E-state index is -4.80. The minimum absolute atomic E-state index is 0.0769. The Labute approximate surface area is 110 Å². The van der Waals surface area contributed by atoms with Crippen molar-refractivity contribution in [3.8, 4) is 11.8 Å². The quantitative estimate of drug-likeness (QED) is 0.917. The molecule has 0 fully saturated rings. The molecule has 5 nitrogen and oxygen atoms in total. The number of rotatable bonds is 2. The molecule has 0 unspecified atom stereocenters. The van der Waals surface area contributed by atoms with E-state index in [4.69, 9.17) is 10.4 Å². The third-order valence-corrected chi connectivity index (χ3v) is 2.56. The molecule has 0 saturated carbocycles. The van der Waals surface area contributed by atoms with Crippen LogP contribution in [0.15, 0.2) is 30.9 Å². The van der Waals surface area contributed by atoms with Crippen LogP contribution < -0.4 is 0 Å². The van der Waals surface area contributed by atoms with Gasteiger partial charge in [-0.1, -0.05) is 0 Å². The lowest BCUT2D eigenvalue weighted by molar-refractivity contribution is -0.138. The van der Waals surface area contributed by atoms with E-state index < -0.39 is 23.3 Å². The minimum Gasteiger partial charge on any atom is -0.478 e. The van der Waals surface area contributed by atoms with Crippen molar-refractivity contribution in [2.24, 2.45) is 0 Å². The fourth-order valence-corrected chi connectivity index (χ4v) is 1.68. The fraction of sp³-hybridized carbons (Fsp3) is 0.0833. The van der Waals surface area contributed by atoms with Gasteiger partial charge >= 0.3 is 12.1 Å². The highest BCUT2D eigenvalue weighted by molar-refractivity contribution is 5.89.